The molecule has 1 heteroatoms. The highest BCUT2D eigenvalue weighted by atomic mass is 15.1. The van der Waals surface area contributed by atoms with Crippen molar-refractivity contribution in [3.8, 4) is 11.1 Å². The van der Waals surface area contributed by atoms with E-state index in [2.05, 4.69) is 98.3 Å². The summed E-state index contributed by atoms with van der Waals surface area (Å²) in [6, 6.07) is 25.5. The van der Waals surface area contributed by atoms with E-state index in [1.807, 2.05) is 0 Å². The van der Waals surface area contributed by atoms with Crippen LogP contribution in [0.15, 0.2) is 72.9 Å². The lowest BCUT2D eigenvalue weighted by molar-refractivity contribution is -0.756. The standard InChI is InChI=1S/C30H26N/c1-18-11-12-20-15-22-16-21-14-19-8-4-5-9-23(19)24(21)17-25(22)28-26-10-6-7-13-31(26)30(2,3)29(18)27(20)28/h4-13,16-17,28H,14-15H2,1-3H3/q+1. The quantitative estimate of drug-likeness (QED) is 0.274. The molecule has 1 aliphatic heterocycles. The van der Waals surface area contributed by atoms with Crippen molar-refractivity contribution in [2.45, 2.75) is 45.1 Å². The van der Waals surface area contributed by atoms with Crippen LogP contribution in [0.25, 0.3) is 11.1 Å². The number of pyridine rings is 1. The first kappa shape index (κ1) is 17.5. The first-order chi connectivity index (χ1) is 15.0. The van der Waals surface area contributed by atoms with E-state index in [0.717, 1.165) is 12.8 Å². The maximum atomic E-state index is 2.53. The molecule has 3 aliphatic rings. The lowest BCUT2D eigenvalue weighted by Crippen LogP contribution is -2.60. The molecule has 1 atom stereocenters. The van der Waals surface area contributed by atoms with Crippen molar-refractivity contribution >= 4 is 0 Å². The highest BCUT2D eigenvalue weighted by Crippen LogP contribution is 2.50. The van der Waals surface area contributed by atoms with Gasteiger partial charge in [0.15, 0.2) is 17.4 Å². The molecule has 0 radical (unpaired) electrons. The Morgan fingerprint density at radius 3 is 2.48 bits per heavy atom. The second-order valence-corrected chi connectivity index (χ2v) is 10.0. The maximum absolute atomic E-state index is 2.53. The molecule has 31 heavy (non-hydrogen) atoms. The Hall–Kier alpha value is -3.19. The molecule has 7 rings (SSSR count). The third-order valence-corrected chi connectivity index (χ3v) is 7.98. The van der Waals surface area contributed by atoms with Gasteiger partial charge in [0.2, 0.25) is 0 Å². The number of benzene rings is 3. The number of aryl methyl sites for hydroxylation is 1. The monoisotopic (exact) mass is 400 g/mol. The summed E-state index contributed by atoms with van der Waals surface area (Å²) in [6.07, 6.45) is 4.39. The molecule has 3 aromatic carbocycles. The molecule has 0 N–H and O–H groups in total. The second-order valence-electron chi connectivity index (χ2n) is 10.0. The number of nitrogens with zero attached hydrogens (tertiary/aromatic N) is 1. The smallest absolute Gasteiger partial charge is 0.192 e. The Labute approximate surface area is 184 Å². The van der Waals surface area contributed by atoms with E-state index >= 15 is 0 Å². The summed E-state index contributed by atoms with van der Waals surface area (Å²) in [5, 5.41) is 0. The fourth-order valence-electron chi connectivity index (χ4n) is 6.73. The Bertz CT molecular complexity index is 1420. The van der Waals surface area contributed by atoms with E-state index in [9.17, 15) is 0 Å². The van der Waals surface area contributed by atoms with E-state index in [0.29, 0.717) is 5.92 Å². The van der Waals surface area contributed by atoms with Crippen molar-refractivity contribution in [3.05, 3.63) is 123 Å². The molecule has 0 fully saturated rings. The molecule has 4 aromatic rings. The minimum atomic E-state index is -0.0522. The molecule has 0 amide bonds. The Balaban J connectivity index is 1.56. The second kappa shape index (κ2) is 5.73. The Morgan fingerprint density at radius 1 is 0.774 bits per heavy atom. The number of fused-ring (bicyclic) bond motifs is 7. The van der Waals surface area contributed by atoms with Crippen LogP contribution in [0, 0.1) is 6.92 Å². The van der Waals surface area contributed by atoms with Crippen molar-refractivity contribution < 1.29 is 4.57 Å². The maximum Gasteiger partial charge on any atom is 0.194 e. The minimum Gasteiger partial charge on any atom is -0.192 e. The van der Waals surface area contributed by atoms with Crippen LogP contribution in [0.5, 0.6) is 0 Å². The van der Waals surface area contributed by atoms with Crippen molar-refractivity contribution in [2.75, 3.05) is 0 Å². The predicted octanol–water partition coefficient (Wildman–Crippen LogP) is 6.03. The van der Waals surface area contributed by atoms with Gasteiger partial charge in [-0.25, -0.2) is 0 Å². The Morgan fingerprint density at radius 2 is 1.58 bits per heavy atom. The summed E-state index contributed by atoms with van der Waals surface area (Å²) in [5.74, 6) is 0.306. The van der Waals surface area contributed by atoms with Crippen LogP contribution in [0.2, 0.25) is 0 Å². The van der Waals surface area contributed by atoms with Gasteiger partial charge < -0.3 is 0 Å². The van der Waals surface area contributed by atoms with Crippen molar-refractivity contribution in [3.63, 3.8) is 0 Å². The van der Waals surface area contributed by atoms with Gasteiger partial charge in [-0.05, 0) is 75.9 Å². The molecule has 0 spiro atoms. The zero-order chi connectivity index (χ0) is 20.9. The average Bonchev–Trinajstić information content (AvgIpc) is 3.13. The summed E-state index contributed by atoms with van der Waals surface area (Å²) in [6.45, 7) is 7.05. The number of rotatable bonds is 0. The lowest BCUT2D eigenvalue weighted by atomic mass is 9.67. The fourth-order valence-corrected chi connectivity index (χ4v) is 6.73. The zero-order valence-electron chi connectivity index (χ0n) is 18.4. The molecule has 2 heterocycles. The highest BCUT2D eigenvalue weighted by molar-refractivity contribution is 5.79. The molecule has 0 saturated heterocycles. The van der Waals surface area contributed by atoms with Gasteiger partial charge in [-0.15, -0.1) is 0 Å². The van der Waals surface area contributed by atoms with Gasteiger partial charge in [0, 0.05) is 31.5 Å². The molecule has 2 aliphatic carbocycles. The molecule has 1 nitrogen and oxygen atoms in total. The van der Waals surface area contributed by atoms with Crippen LogP contribution < -0.4 is 4.57 Å². The predicted molar refractivity (Wildman–Crippen MR) is 125 cm³/mol. The van der Waals surface area contributed by atoms with Crippen molar-refractivity contribution in [1.29, 1.82) is 0 Å². The molecule has 0 saturated carbocycles. The van der Waals surface area contributed by atoms with E-state index < -0.39 is 0 Å². The van der Waals surface area contributed by atoms with Gasteiger partial charge in [-0.1, -0.05) is 48.5 Å². The summed E-state index contributed by atoms with van der Waals surface area (Å²) in [4.78, 5) is 0. The van der Waals surface area contributed by atoms with Gasteiger partial charge in [0.1, 0.15) is 0 Å². The van der Waals surface area contributed by atoms with Crippen LogP contribution in [0.4, 0.5) is 0 Å². The van der Waals surface area contributed by atoms with Gasteiger partial charge in [-0.2, -0.15) is 4.57 Å². The lowest BCUT2D eigenvalue weighted by Gasteiger charge is -2.39. The van der Waals surface area contributed by atoms with Crippen LogP contribution >= 0.6 is 0 Å². The summed E-state index contributed by atoms with van der Waals surface area (Å²) >= 11 is 0. The topological polar surface area (TPSA) is 3.88 Å². The average molecular weight is 401 g/mol. The van der Waals surface area contributed by atoms with Crippen molar-refractivity contribution in [1.82, 2.24) is 0 Å². The number of hydrogen-bond acceptors (Lipinski definition) is 0. The first-order valence-corrected chi connectivity index (χ1v) is 11.4. The summed E-state index contributed by atoms with van der Waals surface area (Å²) in [5.41, 5.74) is 16.2. The fraction of sp³-hybridized carbons (Fsp3) is 0.233. The van der Waals surface area contributed by atoms with Crippen LogP contribution in [0.1, 0.15) is 70.0 Å². The zero-order valence-corrected chi connectivity index (χ0v) is 18.4. The van der Waals surface area contributed by atoms with Gasteiger partial charge in [0.05, 0.1) is 5.92 Å². The van der Waals surface area contributed by atoms with Crippen LogP contribution in [0.3, 0.4) is 0 Å². The molecule has 0 bridgehead atoms. The largest absolute Gasteiger partial charge is 0.194 e. The number of aromatic nitrogens is 1. The van der Waals surface area contributed by atoms with Gasteiger partial charge in [-0.3, -0.25) is 0 Å². The van der Waals surface area contributed by atoms with Crippen molar-refractivity contribution in [2.24, 2.45) is 0 Å². The van der Waals surface area contributed by atoms with Gasteiger partial charge >= 0.3 is 0 Å². The molecule has 1 aromatic heterocycles. The SMILES string of the molecule is Cc1ccc2c3c1C(C)(C)[n+]1ccccc1C3c1cc3c(cc1C2)Cc1ccccc1-3. The van der Waals surface area contributed by atoms with E-state index in [1.165, 1.54) is 55.8 Å². The van der Waals surface area contributed by atoms with Gasteiger partial charge in [0.25, 0.3) is 0 Å². The summed E-state index contributed by atoms with van der Waals surface area (Å²) in [7, 11) is 0. The van der Waals surface area contributed by atoms with Crippen LogP contribution in [-0.2, 0) is 18.4 Å². The minimum absolute atomic E-state index is 0.0522. The molecule has 150 valence electrons. The number of hydrogen-bond donors (Lipinski definition) is 0. The molecular weight excluding hydrogens is 374 g/mol. The first-order valence-electron chi connectivity index (χ1n) is 11.4. The van der Waals surface area contributed by atoms with E-state index in [4.69, 9.17) is 0 Å². The normalized spacial score (nSPS) is 18.5. The third-order valence-electron chi connectivity index (χ3n) is 7.98. The summed E-state index contributed by atoms with van der Waals surface area (Å²) < 4.78 is 2.52. The molecular formula is C30H26N+. The van der Waals surface area contributed by atoms with E-state index in [-0.39, 0.29) is 5.54 Å². The molecule has 1 unspecified atom stereocenters. The van der Waals surface area contributed by atoms with Crippen LogP contribution in [-0.4, -0.2) is 0 Å². The van der Waals surface area contributed by atoms with E-state index in [1.54, 1.807) is 5.56 Å². The highest BCUT2D eigenvalue weighted by Gasteiger charge is 2.48. The third kappa shape index (κ3) is 2.14. The Kier molecular flexibility index (Phi) is 3.23.